The smallest absolute Gasteiger partial charge is 0.322 e. The highest BCUT2D eigenvalue weighted by molar-refractivity contribution is 5.90. The topological polar surface area (TPSA) is 65.5 Å². The molecule has 2 N–H and O–H groups in total. The van der Waals surface area contributed by atoms with Gasteiger partial charge in [0, 0.05) is 48.6 Å². The van der Waals surface area contributed by atoms with Gasteiger partial charge in [-0.1, -0.05) is 24.3 Å². The van der Waals surface area contributed by atoms with Crippen molar-refractivity contribution in [2.45, 2.75) is 50.3 Å². The van der Waals surface area contributed by atoms with E-state index in [9.17, 15) is 9.90 Å². The van der Waals surface area contributed by atoms with E-state index in [-0.39, 0.29) is 18.1 Å². The number of carbonyl (C=O) groups is 1. The van der Waals surface area contributed by atoms with Gasteiger partial charge in [-0.2, -0.15) is 0 Å². The van der Waals surface area contributed by atoms with E-state index in [0.29, 0.717) is 12.8 Å². The molecule has 2 atom stereocenters. The summed E-state index contributed by atoms with van der Waals surface area (Å²) in [4.78, 5) is 18.9. The van der Waals surface area contributed by atoms with Crippen molar-refractivity contribution in [3.8, 4) is 0 Å². The number of amides is 2. The third-order valence-corrected chi connectivity index (χ3v) is 5.59. The van der Waals surface area contributed by atoms with Gasteiger partial charge >= 0.3 is 6.03 Å². The molecule has 2 saturated heterocycles. The lowest BCUT2D eigenvalue weighted by atomic mass is 9.81. The number of nitrogens with one attached hydrogen (secondary N) is 1. The van der Waals surface area contributed by atoms with Crippen LogP contribution in [0.3, 0.4) is 0 Å². The number of nitrogens with zero attached hydrogens (tertiary/aromatic N) is 2. The Kier molecular flexibility index (Phi) is 3.96. The van der Waals surface area contributed by atoms with Crippen LogP contribution >= 0.6 is 0 Å². The summed E-state index contributed by atoms with van der Waals surface area (Å²) in [6, 6.07) is 11.6. The van der Waals surface area contributed by atoms with E-state index in [0.717, 1.165) is 29.7 Å². The van der Waals surface area contributed by atoms with Crippen molar-refractivity contribution in [1.29, 1.82) is 0 Å². The molecule has 0 spiro atoms. The Balaban J connectivity index is 1.53. The maximum absolute atomic E-state index is 12.8. The fourth-order valence-corrected chi connectivity index (χ4v) is 4.32. The second-order valence-corrected chi connectivity index (χ2v) is 7.22. The summed E-state index contributed by atoms with van der Waals surface area (Å²) in [5.41, 5.74) is 1.86. The first-order valence-electron chi connectivity index (χ1n) is 8.85. The van der Waals surface area contributed by atoms with Gasteiger partial charge in [-0.05, 0) is 37.5 Å². The van der Waals surface area contributed by atoms with Gasteiger partial charge in [-0.25, -0.2) is 4.79 Å². The summed E-state index contributed by atoms with van der Waals surface area (Å²) in [5.74, 6) is 0. The quantitative estimate of drug-likeness (QED) is 0.882. The SMILES string of the molecule is Cc1ccccc1NC(=O)N1[C@H]2CC[C@H]1CC(O)(c1cccnc1)C2. The van der Waals surface area contributed by atoms with Crippen LogP contribution < -0.4 is 5.32 Å². The van der Waals surface area contributed by atoms with Crippen LogP contribution in [0, 0.1) is 6.92 Å². The van der Waals surface area contributed by atoms with Crippen LogP contribution in [0.4, 0.5) is 10.5 Å². The molecule has 2 bridgehead atoms. The predicted molar refractivity (Wildman–Crippen MR) is 96.2 cm³/mol. The Labute approximate surface area is 147 Å². The Morgan fingerprint density at radius 1 is 1.20 bits per heavy atom. The monoisotopic (exact) mass is 337 g/mol. The molecule has 1 aromatic carbocycles. The maximum Gasteiger partial charge on any atom is 0.322 e. The fourth-order valence-electron chi connectivity index (χ4n) is 4.32. The van der Waals surface area contributed by atoms with Gasteiger partial charge in [0.15, 0.2) is 0 Å². The molecule has 5 nitrogen and oxygen atoms in total. The van der Waals surface area contributed by atoms with Crippen molar-refractivity contribution >= 4 is 11.7 Å². The van der Waals surface area contributed by atoms with Crippen LogP contribution in [0.2, 0.25) is 0 Å². The standard InChI is InChI=1S/C20H23N3O2/c1-14-5-2-3-7-18(14)22-19(24)23-16-8-9-17(23)12-20(25,11-16)15-6-4-10-21-13-15/h2-7,10,13,16-17,25H,8-9,11-12H2,1H3,(H,22,24)/t16-,17-/m0/s1. The van der Waals surface area contributed by atoms with E-state index in [4.69, 9.17) is 0 Å². The Morgan fingerprint density at radius 3 is 2.56 bits per heavy atom. The molecule has 2 aliphatic heterocycles. The number of hydrogen-bond acceptors (Lipinski definition) is 3. The molecule has 0 saturated carbocycles. The molecule has 1 aromatic heterocycles. The predicted octanol–water partition coefficient (Wildman–Crippen LogP) is 3.44. The van der Waals surface area contributed by atoms with Gasteiger partial charge in [0.25, 0.3) is 0 Å². The zero-order chi connectivity index (χ0) is 17.4. The minimum atomic E-state index is -0.889. The number of anilines is 1. The zero-order valence-corrected chi connectivity index (χ0v) is 14.4. The van der Waals surface area contributed by atoms with E-state index >= 15 is 0 Å². The second-order valence-electron chi connectivity index (χ2n) is 7.22. The second kappa shape index (κ2) is 6.15. The average molecular weight is 337 g/mol. The molecular formula is C20H23N3O2. The number of urea groups is 1. The number of benzene rings is 1. The third-order valence-electron chi connectivity index (χ3n) is 5.59. The fraction of sp³-hybridized carbons (Fsp3) is 0.400. The lowest BCUT2D eigenvalue weighted by Crippen LogP contribution is -2.53. The number of aliphatic hydroxyl groups is 1. The van der Waals surface area contributed by atoms with E-state index in [2.05, 4.69) is 10.3 Å². The number of piperidine rings is 1. The minimum Gasteiger partial charge on any atom is -0.385 e. The van der Waals surface area contributed by atoms with Crippen molar-refractivity contribution in [2.75, 3.05) is 5.32 Å². The van der Waals surface area contributed by atoms with Crippen LogP contribution in [0.15, 0.2) is 48.8 Å². The number of carbonyl (C=O) groups excluding carboxylic acids is 1. The maximum atomic E-state index is 12.8. The average Bonchev–Trinajstić information content (AvgIpc) is 2.90. The van der Waals surface area contributed by atoms with Crippen molar-refractivity contribution in [1.82, 2.24) is 9.88 Å². The molecule has 25 heavy (non-hydrogen) atoms. The van der Waals surface area contributed by atoms with Crippen LogP contribution in [0.25, 0.3) is 0 Å². The van der Waals surface area contributed by atoms with Gasteiger partial charge in [-0.15, -0.1) is 0 Å². The first-order valence-corrected chi connectivity index (χ1v) is 8.85. The minimum absolute atomic E-state index is 0.0602. The first-order chi connectivity index (χ1) is 12.1. The molecule has 4 rings (SSSR count). The summed E-state index contributed by atoms with van der Waals surface area (Å²) in [6.07, 6.45) is 6.46. The van der Waals surface area contributed by atoms with Crippen LogP contribution in [-0.2, 0) is 5.60 Å². The largest absolute Gasteiger partial charge is 0.385 e. The molecule has 0 aliphatic carbocycles. The third kappa shape index (κ3) is 2.89. The van der Waals surface area contributed by atoms with Gasteiger partial charge in [-0.3, -0.25) is 4.98 Å². The zero-order valence-electron chi connectivity index (χ0n) is 14.4. The molecule has 3 heterocycles. The number of aromatic nitrogens is 1. The number of para-hydroxylation sites is 1. The molecular weight excluding hydrogens is 314 g/mol. The Hall–Kier alpha value is -2.40. The normalized spacial score (nSPS) is 28.0. The highest BCUT2D eigenvalue weighted by Gasteiger charge is 2.50. The summed E-state index contributed by atoms with van der Waals surface area (Å²) < 4.78 is 0. The van der Waals surface area contributed by atoms with Crippen molar-refractivity contribution in [2.24, 2.45) is 0 Å². The van der Waals surface area contributed by atoms with Crippen molar-refractivity contribution in [3.63, 3.8) is 0 Å². The molecule has 0 radical (unpaired) electrons. The van der Waals surface area contributed by atoms with Crippen molar-refractivity contribution in [3.05, 3.63) is 59.9 Å². The Bertz CT molecular complexity index is 764. The molecule has 2 aliphatic rings. The molecule has 2 fully saturated rings. The lowest BCUT2D eigenvalue weighted by Gasteiger charge is -2.43. The van der Waals surface area contributed by atoms with E-state index in [1.165, 1.54) is 0 Å². The first kappa shape index (κ1) is 16.1. The van der Waals surface area contributed by atoms with Crippen LogP contribution in [-0.4, -0.2) is 33.1 Å². The summed E-state index contributed by atoms with van der Waals surface area (Å²) in [5, 5.41) is 14.2. The van der Waals surface area contributed by atoms with Crippen molar-refractivity contribution < 1.29 is 9.90 Å². The number of aryl methyl sites for hydroxylation is 1. The highest BCUT2D eigenvalue weighted by Crippen LogP contribution is 2.45. The highest BCUT2D eigenvalue weighted by atomic mass is 16.3. The van der Waals surface area contributed by atoms with Gasteiger partial charge in [0.2, 0.25) is 0 Å². The number of pyridine rings is 1. The molecule has 0 unspecified atom stereocenters. The van der Waals surface area contributed by atoms with Crippen LogP contribution in [0.5, 0.6) is 0 Å². The van der Waals surface area contributed by atoms with Gasteiger partial charge in [0.1, 0.15) is 0 Å². The summed E-state index contributed by atoms with van der Waals surface area (Å²) >= 11 is 0. The number of hydrogen-bond donors (Lipinski definition) is 2. The van der Waals surface area contributed by atoms with Gasteiger partial charge in [0.05, 0.1) is 5.60 Å². The molecule has 130 valence electrons. The van der Waals surface area contributed by atoms with E-state index in [1.54, 1.807) is 12.4 Å². The lowest BCUT2D eigenvalue weighted by molar-refractivity contribution is -0.0424. The number of rotatable bonds is 2. The van der Waals surface area contributed by atoms with Crippen LogP contribution in [0.1, 0.15) is 36.8 Å². The van der Waals surface area contributed by atoms with E-state index in [1.807, 2.05) is 48.2 Å². The van der Waals surface area contributed by atoms with E-state index < -0.39 is 5.60 Å². The summed E-state index contributed by atoms with van der Waals surface area (Å²) in [7, 11) is 0. The Morgan fingerprint density at radius 2 is 1.92 bits per heavy atom. The van der Waals surface area contributed by atoms with Gasteiger partial charge < -0.3 is 15.3 Å². The molecule has 2 aromatic rings. The summed E-state index contributed by atoms with van der Waals surface area (Å²) in [6.45, 7) is 1.99. The number of fused-ring (bicyclic) bond motifs is 2. The molecule has 2 amide bonds. The molecule has 5 heteroatoms.